The predicted molar refractivity (Wildman–Crippen MR) is 108 cm³/mol. The summed E-state index contributed by atoms with van der Waals surface area (Å²) in [6.07, 6.45) is 6.30. The SMILES string of the molecule is CC/C=C/C[C@H](C(=O)NNC(C)(Cc1ccc(O)c(O)c1)C(=O)O)C(C)CC. The van der Waals surface area contributed by atoms with Crippen molar-refractivity contribution in [1.29, 1.82) is 0 Å². The van der Waals surface area contributed by atoms with E-state index in [9.17, 15) is 24.9 Å². The van der Waals surface area contributed by atoms with Crippen LogP contribution in [0.4, 0.5) is 0 Å². The minimum atomic E-state index is -1.49. The quantitative estimate of drug-likeness (QED) is 0.224. The molecule has 0 aliphatic carbocycles. The maximum absolute atomic E-state index is 12.7. The van der Waals surface area contributed by atoms with Crippen LogP contribution in [0.3, 0.4) is 0 Å². The largest absolute Gasteiger partial charge is 0.504 e. The van der Waals surface area contributed by atoms with Crippen molar-refractivity contribution in [3.8, 4) is 11.5 Å². The van der Waals surface area contributed by atoms with Crippen LogP contribution in [0.25, 0.3) is 0 Å². The molecule has 0 fully saturated rings. The molecular weight excluding hydrogens is 360 g/mol. The van der Waals surface area contributed by atoms with Gasteiger partial charge in [-0.05, 0) is 43.4 Å². The molecule has 0 aliphatic heterocycles. The van der Waals surface area contributed by atoms with Crippen molar-refractivity contribution in [2.75, 3.05) is 0 Å². The van der Waals surface area contributed by atoms with Crippen molar-refractivity contribution in [1.82, 2.24) is 10.9 Å². The van der Waals surface area contributed by atoms with Crippen molar-refractivity contribution in [2.24, 2.45) is 11.8 Å². The van der Waals surface area contributed by atoms with E-state index in [-0.39, 0.29) is 35.7 Å². The molecular formula is C21H32N2O5. The average molecular weight is 392 g/mol. The summed E-state index contributed by atoms with van der Waals surface area (Å²) in [5.41, 5.74) is 4.26. The maximum Gasteiger partial charge on any atom is 0.325 e. The molecule has 1 rings (SSSR count). The third-order valence-electron chi connectivity index (χ3n) is 4.99. The number of hydrogen-bond acceptors (Lipinski definition) is 5. The van der Waals surface area contributed by atoms with E-state index in [1.165, 1.54) is 25.1 Å². The monoisotopic (exact) mass is 392 g/mol. The fourth-order valence-electron chi connectivity index (χ4n) is 2.84. The number of allylic oxidation sites excluding steroid dienone is 2. The summed E-state index contributed by atoms with van der Waals surface area (Å²) in [4.78, 5) is 24.5. The number of carboxylic acid groups (broad SMARTS) is 1. The maximum atomic E-state index is 12.7. The second-order valence-corrected chi connectivity index (χ2v) is 7.36. The highest BCUT2D eigenvalue weighted by Gasteiger charge is 2.35. The third kappa shape index (κ3) is 6.56. The van der Waals surface area contributed by atoms with Gasteiger partial charge in [0.15, 0.2) is 11.5 Å². The Morgan fingerprint density at radius 3 is 2.39 bits per heavy atom. The number of aromatic hydroxyl groups is 2. The third-order valence-corrected chi connectivity index (χ3v) is 4.99. The minimum absolute atomic E-state index is 0.000187. The van der Waals surface area contributed by atoms with E-state index in [2.05, 4.69) is 10.9 Å². The van der Waals surface area contributed by atoms with Gasteiger partial charge in [-0.15, -0.1) is 0 Å². The zero-order valence-corrected chi connectivity index (χ0v) is 17.0. The van der Waals surface area contributed by atoms with Gasteiger partial charge in [0.1, 0.15) is 5.54 Å². The van der Waals surface area contributed by atoms with Crippen LogP contribution in [0.5, 0.6) is 11.5 Å². The lowest BCUT2D eigenvalue weighted by atomic mass is 9.88. The van der Waals surface area contributed by atoms with Gasteiger partial charge in [-0.3, -0.25) is 15.0 Å². The number of hydrogen-bond donors (Lipinski definition) is 5. The van der Waals surface area contributed by atoms with Gasteiger partial charge in [0.25, 0.3) is 0 Å². The van der Waals surface area contributed by atoms with E-state index < -0.39 is 11.5 Å². The van der Waals surface area contributed by atoms with Gasteiger partial charge in [-0.2, -0.15) is 0 Å². The number of rotatable bonds is 11. The van der Waals surface area contributed by atoms with Crippen molar-refractivity contribution in [3.05, 3.63) is 35.9 Å². The Kier molecular flexibility index (Phi) is 8.99. The Morgan fingerprint density at radius 1 is 1.18 bits per heavy atom. The Bertz CT molecular complexity index is 704. The zero-order chi connectivity index (χ0) is 21.3. The first-order chi connectivity index (χ1) is 13.1. The highest BCUT2D eigenvalue weighted by Crippen LogP contribution is 2.27. The van der Waals surface area contributed by atoms with Crippen molar-refractivity contribution in [3.63, 3.8) is 0 Å². The van der Waals surface area contributed by atoms with Gasteiger partial charge in [-0.1, -0.05) is 45.4 Å². The molecule has 1 aromatic carbocycles. The topological polar surface area (TPSA) is 119 Å². The van der Waals surface area contributed by atoms with Gasteiger partial charge in [0.05, 0.1) is 0 Å². The number of hydrazine groups is 1. The first kappa shape index (κ1) is 23.5. The highest BCUT2D eigenvalue weighted by molar-refractivity contribution is 5.82. The van der Waals surface area contributed by atoms with Crippen LogP contribution in [-0.4, -0.2) is 32.7 Å². The lowest BCUT2D eigenvalue weighted by molar-refractivity contribution is -0.145. The van der Waals surface area contributed by atoms with E-state index in [0.717, 1.165) is 12.8 Å². The van der Waals surface area contributed by atoms with Crippen molar-refractivity contribution >= 4 is 11.9 Å². The summed E-state index contributed by atoms with van der Waals surface area (Å²) in [5.74, 6) is -2.13. The van der Waals surface area contributed by atoms with Crippen LogP contribution >= 0.6 is 0 Å². The number of phenols is 2. The summed E-state index contributed by atoms with van der Waals surface area (Å²) >= 11 is 0. The molecule has 0 bridgehead atoms. The molecule has 0 aliphatic rings. The van der Waals surface area contributed by atoms with Crippen LogP contribution in [0.1, 0.15) is 52.5 Å². The molecule has 1 aromatic rings. The molecule has 7 nitrogen and oxygen atoms in total. The summed E-state index contributed by atoms with van der Waals surface area (Å²) in [6, 6.07) is 4.12. The summed E-state index contributed by atoms with van der Waals surface area (Å²) < 4.78 is 0. The van der Waals surface area contributed by atoms with Gasteiger partial charge in [0.2, 0.25) is 5.91 Å². The van der Waals surface area contributed by atoms with Crippen LogP contribution < -0.4 is 10.9 Å². The Balaban J connectivity index is 2.88. The minimum Gasteiger partial charge on any atom is -0.504 e. The number of amides is 1. The first-order valence-corrected chi connectivity index (χ1v) is 9.60. The Hall–Kier alpha value is -2.54. The van der Waals surface area contributed by atoms with Crippen LogP contribution in [-0.2, 0) is 16.0 Å². The van der Waals surface area contributed by atoms with Gasteiger partial charge in [-0.25, -0.2) is 5.43 Å². The molecule has 1 amide bonds. The van der Waals surface area contributed by atoms with E-state index >= 15 is 0 Å². The average Bonchev–Trinajstić information content (AvgIpc) is 2.65. The molecule has 2 unspecified atom stereocenters. The standard InChI is InChI=1S/C21H32N2O5/c1-5-7-8-9-16(14(3)6-2)19(26)22-23-21(4,20(27)28)13-15-10-11-17(24)18(25)12-15/h7-8,10-12,14,16,23-25H,5-6,9,13H2,1-4H3,(H,22,26)(H,27,28)/b8-7+/t14?,16-,21?/m0/s1. The number of phenolic OH excluding ortho intramolecular Hbond substituents is 2. The molecule has 7 heteroatoms. The molecule has 0 saturated carbocycles. The lowest BCUT2D eigenvalue weighted by Crippen LogP contribution is -2.59. The number of benzene rings is 1. The van der Waals surface area contributed by atoms with Crippen LogP contribution in [0, 0.1) is 11.8 Å². The van der Waals surface area contributed by atoms with Gasteiger partial charge < -0.3 is 15.3 Å². The molecule has 3 atom stereocenters. The normalized spacial score (nSPS) is 15.7. The number of carbonyl (C=O) groups is 2. The molecule has 0 spiro atoms. The van der Waals surface area contributed by atoms with E-state index in [1.54, 1.807) is 0 Å². The molecule has 0 heterocycles. The summed E-state index contributed by atoms with van der Waals surface area (Å²) in [7, 11) is 0. The second kappa shape index (κ2) is 10.7. The Labute approximate surface area is 166 Å². The number of aliphatic carboxylic acids is 1. The fourth-order valence-corrected chi connectivity index (χ4v) is 2.84. The zero-order valence-electron chi connectivity index (χ0n) is 17.0. The van der Waals surface area contributed by atoms with Crippen molar-refractivity contribution < 1.29 is 24.9 Å². The number of carboxylic acids is 1. The predicted octanol–water partition coefficient (Wildman–Crippen LogP) is 3.12. The molecule has 5 N–H and O–H groups in total. The van der Waals surface area contributed by atoms with E-state index in [1.807, 2.05) is 32.9 Å². The van der Waals surface area contributed by atoms with E-state index in [4.69, 9.17) is 0 Å². The van der Waals surface area contributed by atoms with E-state index in [0.29, 0.717) is 12.0 Å². The fraction of sp³-hybridized carbons (Fsp3) is 0.524. The molecule has 0 radical (unpaired) electrons. The van der Waals surface area contributed by atoms with Crippen molar-refractivity contribution in [2.45, 2.75) is 58.9 Å². The van der Waals surface area contributed by atoms with Gasteiger partial charge in [0, 0.05) is 12.3 Å². The number of nitrogens with one attached hydrogen (secondary N) is 2. The summed E-state index contributed by atoms with van der Waals surface area (Å²) in [6.45, 7) is 7.49. The Morgan fingerprint density at radius 2 is 1.86 bits per heavy atom. The highest BCUT2D eigenvalue weighted by atomic mass is 16.4. The smallest absolute Gasteiger partial charge is 0.325 e. The lowest BCUT2D eigenvalue weighted by Gasteiger charge is -2.29. The van der Waals surface area contributed by atoms with Crippen LogP contribution in [0.15, 0.2) is 30.4 Å². The summed E-state index contributed by atoms with van der Waals surface area (Å²) in [5, 5.41) is 28.7. The second-order valence-electron chi connectivity index (χ2n) is 7.36. The molecule has 0 saturated heterocycles. The number of carbonyl (C=O) groups excluding carboxylic acids is 1. The van der Waals surface area contributed by atoms with Gasteiger partial charge >= 0.3 is 5.97 Å². The first-order valence-electron chi connectivity index (χ1n) is 9.60. The molecule has 156 valence electrons. The molecule has 0 aromatic heterocycles. The van der Waals surface area contributed by atoms with Crippen LogP contribution in [0.2, 0.25) is 0 Å². The molecule has 28 heavy (non-hydrogen) atoms.